The van der Waals surface area contributed by atoms with Crippen LogP contribution in [0.25, 0.3) is 0 Å². The van der Waals surface area contributed by atoms with Gasteiger partial charge in [-0.3, -0.25) is 4.79 Å². The highest BCUT2D eigenvalue weighted by molar-refractivity contribution is 9.10. The molecule has 0 spiro atoms. The molecule has 0 bridgehead atoms. The van der Waals surface area contributed by atoms with Crippen LogP contribution >= 0.6 is 15.9 Å². The lowest BCUT2D eigenvalue weighted by Gasteiger charge is -2.10. The molecule has 0 aliphatic rings. The Morgan fingerprint density at radius 2 is 2.24 bits per heavy atom. The summed E-state index contributed by atoms with van der Waals surface area (Å²) in [5.41, 5.74) is 2.48. The molecule has 4 heteroatoms. The third-order valence-corrected chi connectivity index (χ3v) is 3.30. The molecule has 0 aliphatic heterocycles. The summed E-state index contributed by atoms with van der Waals surface area (Å²) in [5.74, 6) is -1.02. The van der Waals surface area contributed by atoms with E-state index in [1.807, 2.05) is 6.07 Å². The first kappa shape index (κ1) is 14.2. The SMILES string of the molecule is Cc1ccc(Br)cc1CNCCC(C)C(=O)O. The van der Waals surface area contributed by atoms with Crippen LogP contribution < -0.4 is 5.32 Å². The van der Waals surface area contributed by atoms with Crippen LogP contribution in [0.2, 0.25) is 0 Å². The van der Waals surface area contributed by atoms with Gasteiger partial charge >= 0.3 is 5.97 Å². The number of hydrogen-bond donors (Lipinski definition) is 2. The molecule has 94 valence electrons. The second-order valence-electron chi connectivity index (χ2n) is 4.28. The lowest BCUT2D eigenvalue weighted by Crippen LogP contribution is -2.20. The fourth-order valence-corrected chi connectivity index (χ4v) is 1.90. The van der Waals surface area contributed by atoms with E-state index < -0.39 is 5.97 Å². The van der Waals surface area contributed by atoms with E-state index >= 15 is 0 Å². The monoisotopic (exact) mass is 299 g/mol. The lowest BCUT2D eigenvalue weighted by atomic mass is 10.1. The molecule has 17 heavy (non-hydrogen) atoms. The maximum atomic E-state index is 10.6. The zero-order chi connectivity index (χ0) is 12.8. The number of nitrogens with one attached hydrogen (secondary N) is 1. The van der Waals surface area contributed by atoms with Crippen LogP contribution in [0.4, 0.5) is 0 Å². The topological polar surface area (TPSA) is 49.3 Å². The van der Waals surface area contributed by atoms with Crippen molar-refractivity contribution in [3.8, 4) is 0 Å². The molecule has 2 N–H and O–H groups in total. The van der Waals surface area contributed by atoms with E-state index in [4.69, 9.17) is 5.11 Å². The quantitative estimate of drug-likeness (QED) is 0.794. The molecule has 0 heterocycles. The van der Waals surface area contributed by atoms with Gasteiger partial charge in [-0.25, -0.2) is 0 Å². The second kappa shape index (κ2) is 6.77. The first-order valence-electron chi connectivity index (χ1n) is 5.69. The highest BCUT2D eigenvalue weighted by atomic mass is 79.9. The number of rotatable bonds is 6. The van der Waals surface area contributed by atoms with Gasteiger partial charge in [0.1, 0.15) is 0 Å². The maximum Gasteiger partial charge on any atom is 0.306 e. The summed E-state index contributed by atoms with van der Waals surface area (Å²) in [6, 6.07) is 6.18. The molecule has 1 atom stereocenters. The summed E-state index contributed by atoms with van der Waals surface area (Å²) in [4.78, 5) is 10.6. The Morgan fingerprint density at radius 3 is 2.88 bits per heavy atom. The maximum absolute atomic E-state index is 10.6. The van der Waals surface area contributed by atoms with Crippen LogP contribution in [0.15, 0.2) is 22.7 Å². The molecule has 0 saturated carbocycles. The third kappa shape index (κ3) is 4.88. The van der Waals surface area contributed by atoms with E-state index in [1.54, 1.807) is 6.92 Å². The van der Waals surface area contributed by atoms with Crippen molar-refractivity contribution in [1.82, 2.24) is 5.32 Å². The predicted molar refractivity (Wildman–Crippen MR) is 72.0 cm³/mol. The van der Waals surface area contributed by atoms with E-state index in [1.165, 1.54) is 11.1 Å². The number of hydrogen-bond acceptors (Lipinski definition) is 2. The number of carboxylic acid groups (broad SMARTS) is 1. The van der Waals surface area contributed by atoms with Gasteiger partial charge in [0.15, 0.2) is 0 Å². The predicted octanol–water partition coefficient (Wildman–Crippen LogP) is 2.96. The molecule has 3 nitrogen and oxygen atoms in total. The largest absolute Gasteiger partial charge is 0.481 e. The number of benzene rings is 1. The van der Waals surface area contributed by atoms with Crippen molar-refractivity contribution in [2.75, 3.05) is 6.54 Å². The summed E-state index contributed by atoms with van der Waals surface area (Å²) in [7, 11) is 0. The summed E-state index contributed by atoms with van der Waals surface area (Å²) in [6.45, 7) is 5.30. The minimum absolute atomic E-state index is 0.286. The highest BCUT2D eigenvalue weighted by Crippen LogP contribution is 2.15. The molecule has 0 saturated heterocycles. The van der Waals surface area contributed by atoms with Gasteiger partial charge in [0.25, 0.3) is 0 Å². The van der Waals surface area contributed by atoms with E-state index in [2.05, 4.69) is 40.3 Å². The summed E-state index contributed by atoms with van der Waals surface area (Å²) >= 11 is 3.44. The summed E-state index contributed by atoms with van der Waals surface area (Å²) < 4.78 is 1.07. The Bertz CT molecular complexity index is 393. The molecule has 0 amide bonds. The van der Waals surface area contributed by atoms with E-state index in [-0.39, 0.29) is 5.92 Å². The minimum atomic E-state index is -0.731. The van der Waals surface area contributed by atoms with Crippen molar-refractivity contribution in [3.05, 3.63) is 33.8 Å². The number of aliphatic carboxylic acids is 1. The van der Waals surface area contributed by atoms with Crippen LogP contribution in [-0.2, 0) is 11.3 Å². The van der Waals surface area contributed by atoms with Crippen LogP contribution in [-0.4, -0.2) is 17.6 Å². The standard InChI is InChI=1S/C13H18BrNO2/c1-9-3-4-12(14)7-11(9)8-15-6-5-10(2)13(16)17/h3-4,7,10,15H,5-6,8H2,1-2H3,(H,16,17). The molecule has 0 aromatic heterocycles. The van der Waals surface area contributed by atoms with Crippen LogP contribution in [0.3, 0.4) is 0 Å². The second-order valence-corrected chi connectivity index (χ2v) is 5.19. The number of aryl methyl sites for hydroxylation is 1. The summed E-state index contributed by atoms with van der Waals surface area (Å²) in [6.07, 6.45) is 0.655. The van der Waals surface area contributed by atoms with Gasteiger partial charge in [0, 0.05) is 11.0 Å². The van der Waals surface area contributed by atoms with Crippen molar-refractivity contribution in [3.63, 3.8) is 0 Å². The molecule has 0 aliphatic carbocycles. The van der Waals surface area contributed by atoms with Crippen LogP contribution in [0, 0.1) is 12.8 Å². The van der Waals surface area contributed by atoms with Crippen molar-refractivity contribution >= 4 is 21.9 Å². The first-order valence-corrected chi connectivity index (χ1v) is 6.48. The smallest absolute Gasteiger partial charge is 0.306 e. The molecule has 1 unspecified atom stereocenters. The van der Waals surface area contributed by atoms with Gasteiger partial charge in [-0.2, -0.15) is 0 Å². The van der Waals surface area contributed by atoms with Gasteiger partial charge < -0.3 is 10.4 Å². The van der Waals surface area contributed by atoms with E-state index in [0.29, 0.717) is 6.42 Å². The molecular weight excluding hydrogens is 282 g/mol. The Kier molecular flexibility index (Phi) is 5.65. The highest BCUT2D eigenvalue weighted by Gasteiger charge is 2.09. The van der Waals surface area contributed by atoms with Gasteiger partial charge in [0.2, 0.25) is 0 Å². The molecule has 0 radical (unpaired) electrons. The van der Waals surface area contributed by atoms with E-state index in [0.717, 1.165) is 17.6 Å². The molecular formula is C13H18BrNO2. The van der Waals surface area contributed by atoms with Gasteiger partial charge in [-0.1, -0.05) is 28.9 Å². The van der Waals surface area contributed by atoms with Crippen molar-refractivity contribution in [1.29, 1.82) is 0 Å². The molecule has 0 fully saturated rings. The number of carboxylic acids is 1. The average molecular weight is 300 g/mol. The molecule has 1 rings (SSSR count). The zero-order valence-corrected chi connectivity index (χ0v) is 11.8. The Morgan fingerprint density at radius 1 is 1.53 bits per heavy atom. The Hall–Kier alpha value is -0.870. The van der Waals surface area contributed by atoms with Crippen LogP contribution in [0.5, 0.6) is 0 Å². The Labute approximate surface area is 110 Å². The summed E-state index contributed by atoms with van der Waals surface area (Å²) in [5, 5.41) is 12.0. The third-order valence-electron chi connectivity index (χ3n) is 2.80. The normalized spacial score (nSPS) is 12.4. The fourth-order valence-electron chi connectivity index (χ4n) is 1.50. The average Bonchev–Trinajstić information content (AvgIpc) is 2.28. The van der Waals surface area contributed by atoms with Crippen molar-refractivity contribution in [2.45, 2.75) is 26.8 Å². The Balaban J connectivity index is 2.36. The fraction of sp³-hybridized carbons (Fsp3) is 0.462. The van der Waals surface area contributed by atoms with Crippen molar-refractivity contribution in [2.24, 2.45) is 5.92 Å². The van der Waals surface area contributed by atoms with Gasteiger partial charge in [0.05, 0.1) is 5.92 Å². The van der Waals surface area contributed by atoms with E-state index in [9.17, 15) is 4.79 Å². The molecule has 1 aromatic rings. The van der Waals surface area contributed by atoms with Gasteiger partial charge in [-0.05, 0) is 43.1 Å². The van der Waals surface area contributed by atoms with Gasteiger partial charge in [-0.15, -0.1) is 0 Å². The zero-order valence-electron chi connectivity index (χ0n) is 10.2. The first-order chi connectivity index (χ1) is 8.00. The number of halogens is 1. The lowest BCUT2D eigenvalue weighted by molar-refractivity contribution is -0.141. The molecule has 1 aromatic carbocycles. The minimum Gasteiger partial charge on any atom is -0.481 e. The van der Waals surface area contributed by atoms with Crippen LogP contribution in [0.1, 0.15) is 24.5 Å². The number of carbonyl (C=O) groups is 1. The van der Waals surface area contributed by atoms with Crippen molar-refractivity contribution < 1.29 is 9.90 Å².